The van der Waals surface area contributed by atoms with Gasteiger partial charge in [0.05, 0.1) is 4.92 Å². The molecular formula is C11H10ClN5O3. The summed E-state index contributed by atoms with van der Waals surface area (Å²) in [7, 11) is 0. The summed E-state index contributed by atoms with van der Waals surface area (Å²) < 4.78 is 5.40. The highest BCUT2D eigenvalue weighted by atomic mass is 35.5. The quantitative estimate of drug-likeness (QED) is 0.505. The molecule has 0 radical (unpaired) electrons. The van der Waals surface area contributed by atoms with E-state index in [0.717, 1.165) is 11.9 Å². The first-order valence-corrected chi connectivity index (χ1v) is 5.80. The van der Waals surface area contributed by atoms with E-state index in [1.807, 2.05) is 0 Å². The molecule has 8 nitrogen and oxygen atoms in total. The molecule has 0 aliphatic carbocycles. The summed E-state index contributed by atoms with van der Waals surface area (Å²) in [5.74, 6) is 5.21. The number of nitrogen functional groups attached to an aromatic ring is 1. The van der Waals surface area contributed by atoms with Gasteiger partial charge in [0, 0.05) is 5.02 Å². The summed E-state index contributed by atoms with van der Waals surface area (Å²) >= 11 is 5.90. The van der Waals surface area contributed by atoms with Crippen molar-refractivity contribution in [3.8, 4) is 11.6 Å². The van der Waals surface area contributed by atoms with Crippen LogP contribution in [0.15, 0.2) is 24.5 Å². The molecule has 0 unspecified atom stereocenters. The molecule has 0 bridgehead atoms. The molecule has 2 aromatic rings. The third kappa shape index (κ3) is 2.76. The molecule has 0 aliphatic rings. The van der Waals surface area contributed by atoms with Crippen molar-refractivity contribution in [3.05, 3.63) is 45.2 Å². The van der Waals surface area contributed by atoms with Crippen LogP contribution in [0.1, 0.15) is 5.56 Å². The molecule has 0 aliphatic heterocycles. The number of nitrogens with two attached hydrogens (primary N) is 1. The van der Waals surface area contributed by atoms with Gasteiger partial charge in [-0.15, -0.1) is 0 Å². The zero-order valence-electron chi connectivity index (χ0n) is 10.3. The van der Waals surface area contributed by atoms with Crippen LogP contribution in [-0.2, 0) is 0 Å². The van der Waals surface area contributed by atoms with Crippen molar-refractivity contribution in [2.24, 2.45) is 5.84 Å². The molecule has 3 N–H and O–H groups in total. The Balaban J connectivity index is 2.42. The van der Waals surface area contributed by atoms with Crippen LogP contribution in [0.5, 0.6) is 11.6 Å². The monoisotopic (exact) mass is 295 g/mol. The Bertz CT molecular complexity index is 665. The molecule has 20 heavy (non-hydrogen) atoms. The molecule has 0 fully saturated rings. The number of halogens is 1. The SMILES string of the molecule is Cc1cc(Oc2ncnc(NN)c2[N+](=O)[O-])ccc1Cl. The van der Waals surface area contributed by atoms with Crippen molar-refractivity contribution in [2.75, 3.05) is 5.43 Å². The van der Waals surface area contributed by atoms with Crippen molar-refractivity contribution in [3.63, 3.8) is 0 Å². The van der Waals surface area contributed by atoms with Gasteiger partial charge in [0.25, 0.3) is 0 Å². The summed E-state index contributed by atoms with van der Waals surface area (Å²) in [5.41, 5.74) is 2.46. The highest BCUT2D eigenvalue weighted by Gasteiger charge is 2.24. The van der Waals surface area contributed by atoms with Gasteiger partial charge in [-0.3, -0.25) is 10.1 Å². The second-order valence-corrected chi connectivity index (χ2v) is 4.20. The third-order valence-electron chi connectivity index (χ3n) is 2.45. The molecule has 2 rings (SSSR count). The Morgan fingerprint density at radius 3 is 2.80 bits per heavy atom. The van der Waals surface area contributed by atoms with Gasteiger partial charge in [-0.25, -0.2) is 10.8 Å². The first-order chi connectivity index (χ1) is 9.52. The van der Waals surface area contributed by atoms with Crippen molar-refractivity contribution in [1.82, 2.24) is 9.97 Å². The number of benzene rings is 1. The number of ether oxygens (including phenoxy) is 1. The van der Waals surface area contributed by atoms with E-state index in [9.17, 15) is 10.1 Å². The lowest BCUT2D eigenvalue weighted by Gasteiger charge is -2.08. The maximum atomic E-state index is 11.0. The molecule has 0 atom stereocenters. The number of hydrazine groups is 1. The third-order valence-corrected chi connectivity index (χ3v) is 2.88. The van der Waals surface area contributed by atoms with Gasteiger partial charge in [0.1, 0.15) is 12.1 Å². The molecule has 0 saturated heterocycles. The summed E-state index contributed by atoms with van der Waals surface area (Å²) in [6, 6.07) is 4.85. The van der Waals surface area contributed by atoms with E-state index in [0.29, 0.717) is 10.8 Å². The first-order valence-electron chi connectivity index (χ1n) is 5.43. The number of rotatable bonds is 4. The summed E-state index contributed by atoms with van der Waals surface area (Å²) in [6.45, 7) is 1.79. The van der Waals surface area contributed by atoms with Crippen LogP contribution in [0.2, 0.25) is 5.02 Å². The van der Waals surface area contributed by atoms with E-state index in [4.69, 9.17) is 22.2 Å². The number of hydrogen-bond acceptors (Lipinski definition) is 7. The predicted octanol–water partition coefficient (Wildman–Crippen LogP) is 2.42. The molecule has 0 amide bonds. The van der Waals surface area contributed by atoms with Crippen LogP contribution < -0.4 is 16.0 Å². The van der Waals surface area contributed by atoms with Crippen molar-refractivity contribution in [2.45, 2.75) is 6.92 Å². The molecule has 1 aromatic carbocycles. The van der Waals surface area contributed by atoms with Crippen molar-refractivity contribution in [1.29, 1.82) is 0 Å². The largest absolute Gasteiger partial charge is 0.434 e. The highest BCUT2D eigenvalue weighted by molar-refractivity contribution is 6.31. The Hall–Kier alpha value is -2.45. The second-order valence-electron chi connectivity index (χ2n) is 3.79. The molecule has 0 saturated carbocycles. The van der Waals surface area contributed by atoms with Crippen molar-refractivity contribution >= 4 is 23.1 Å². The predicted molar refractivity (Wildman–Crippen MR) is 72.8 cm³/mol. The Morgan fingerprint density at radius 2 is 2.20 bits per heavy atom. The van der Waals surface area contributed by atoms with Gasteiger partial charge in [-0.2, -0.15) is 4.98 Å². The fourth-order valence-electron chi connectivity index (χ4n) is 1.50. The van der Waals surface area contributed by atoms with Crippen LogP contribution in [-0.4, -0.2) is 14.9 Å². The number of nitrogens with one attached hydrogen (secondary N) is 1. The van der Waals surface area contributed by atoms with Gasteiger partial charge >= 0.3 is 11.6 Å². The van der Waals surface area contributed by atoms with Crippen LogP contribution >= 0.6 is 11.6 Å². The average Bonchev–Trinajstić information content (AvgIpc) is 2.42. The van der Waals surface area contributed by atoms with Crippen molar-refractivity contribution < 1.29 is 9.66 Å². The Kier molecular flexibility index (Phi) is 3.97. The fraction of sp³-hybridized carbons (Fsp3) is 0.0909. The number of nitro groups is 1. The van der Waals surface area contributed by atoms with Gasteiger partial charge in [-0.1, -0.05) is 11.6 Å². The normalized spacial score (nSPS) is 10.2. The Morgan fingerprint density at radius 1 is 1.45 bits per heavy atom. The van der Waals surface area contributed by atoms with E-state index in [1.165, 1.54) is 0 Å². The maximum absolute atomic E-state index is 11.0. The van der Waals surface area contributed by atoms with Gasteiger partial charge in [0.15, 0.2) is 0 Å². The standard InChI is InChI=1S/C11H10ClN5O3/c1-6-4-7(2-3-8(6)12)20-11-9(17(18)19)10(16-13)14-5-15-11/h2-5H,13H2,1H3,(H,14,15,16). The van der Waals surface area contributed by atoms with E-state index in [1.54, 1.807) is 25.1 Å². The Labute approximate surface area is 118 Å². The minimum atomic E-state index is -0.673. The highest BCUT2D eigenvalue weighted by Crippen LogP contribution is 2.34. The minimum absolute atomic E-state index is 0.134. The second kappa shape index (κ2) is 5.68. The average molecular weight is 296 g/mol. The lowest BCUT2D eigenvalue weighted by molar-refractivity contribution is -0.385. The summed E-state index contributed by atoms with van der Waals surface area (Å²) in [5, 5.41) is 11.6. The van der Waals surface area contributed by atoms with Crippen LogP contribution in [0.4, 0.5) is 11.5 Å². The van der Waals surface area contributed by atoms with E-state index < -0.39 is 10.6 Å². The molecule has 1 aromatic heterocycles. The molecule has 104 valence electrons. The number of aromatic nitrogens is 2. The van der Waals surface area contributed by atoms with E-state index in [-0.39, 0.29) is 11.7 Å². The topological polar surface area (TPSA) is 116 Å². The van der Waals surface area contributed by atoms with E-state index >= 15 is 0 Å². The molecule has 0 spiro atoms. The van der Waals surface area contributed by atoms with Crippen LogP contribution in [0, 0.1) is 17.0 Å². The van der Waals surface area contributed by atoms with Gasteiger partial charge in [-0.05, 0) is 30.7 Å². The van der Waals surface area contributed by atoms with E-state index in [2.05, 4.69) is 15.4 Å². The summed E-state index contributed by atoms with van der Waals surface area (Å²) in [4.78, 5) is 17.8. The number of anilines is 1. The fourth-order valence-corrected chi connectivity index (χ4v) is 1.62. The summed E-state index contributed by atoms with van der Waals surface area (Å²) in [6.07, 6.45) is 1.11. The molecule has 9 heteroatoms. The zero-order valence-corrected chi connectivity index (χ0v) is 11.1. The van der Waals surface area contributed by atoms with Gasteiger partial charge < -0.3 is 10.2 Å². The molecule has 1 heterocycles. The smallest absolute Gasteiger partial charge is 0.374 e. The lowest BCUT2D eigenvalue weighted by atomic mass is 10.2. The lowest BCUT2D eigenvalue weighted by Crippen LogP contribution is -2.12. The van der Waals surface area contributed by atoms with Crippen LogP contribution in [0.3, 0.4) is 0 Å². The first kappa shape index (κ1) is 14.0. The number of aryl methyl sites for hydroxylation is 1. The number of nitrogens with zero attached hydrogens (tertiary/aromatic N) is 3. The minimum Gasteiger partial charge on any atom is -0.434 e. The van der Waals surface area contributed by atoms with Crippen LogP contribution in [0.25, 0.3) is 0 Å². The maximum Gasteiger partial charge on any atom is 0.374 e. The number of hydrogen-bond donors (Lipinski definition) is 2. The zero-order chi connectivity index (χ0) is 14.7. The molecular weight excluding hydrogens is 286 g/mol. The van der Waals surface area contributed by atoms with Gasteiger partial charge in [0.2, 0.25) is 5.82 Å².